The average molecular weight is 297 g/mol. The zero-order valence-corrected chi connectivity index (χ0v) is 11.8. The molecule has 0 aliphatic carbocycles. The Labute approximate surface area is 121 Å². The molecule has 2 rings (SSSR count). The van der Waals surface area contributed by atoms with Crippen molar-refractivity contribution in [3.05, 3.63) is 36.2 Å². The summed E-state index contributed by atoms with van der Waals surface area (Å²) in [6.45, 7) is 2.65. The van der Waals surface area contributed by atoms with Crippen molar-refractivity contribution in [2.45, 2.75) is 38.4 Å². The van der Waals surface area contributed by atoms with Crippen LogP contribution in [-0.4, -0.2) is 22.7 Å². The van der Waals surface area contributed by atoms with Crippen molar-refractivity contribution in [2.75, 3.05) is 6.54 Å². The van der Waals surface area contributed by atoms with E-state index in [4.69, 9.17) is 0 Å². The summed E-state index contributed by atoms with van der Waals surface area (Å²) in [5.74, 6) is 0. The van der Waals surface area contributed by atoms with Gasteiger partial charge in [-0.05, 0) is 31.0 Å². The summed E-state index contributed by atoms with van der Waals surface area (Å²) in [5, 5.41) is 3.18. The zero-order chi connectivity index (χ0) is 15.3. The van der Waals surface area contributed by atoms with Gasteiger partial charge in [-0.15, -0.1) is 0 Å². The molecule has 0 saturated carbocycles. The number of hydrogen-bond acceptors (Lipinski definition) is 3. The van der Waals surface area contributed by atoms with Crippen LogP contribution in [0.5, 0.6) is 0 Å². The molecule has 0 aliphatic rings. The molecule has 1 aromatic heterocycles. The number of benzene rings is 1. The maximum Gasteiger partial charge on any atom is 0.389 e. The minimum Gasteiger partial charge on any atom is -0.310 e. The van der Waals surface area contributed by atoms with Gasteiger partial charge in [0.1, 0.15) is 0 Å². The van der Waals surface area contributed by atoms with Gasteiger partial charge in [-0.2, -0.15) is 13.2 Å². The molecule has 0 amide bonds. The minimum atomic E-state index is -4.15. The molecule has 1 heterocycles. The monoisotopic (exact) mass is 297 g/mol. The number of aromatic nitrogens is 2. The minimum absolute atomic E-state index is 0.000806. The summed E-state index contributed by atoms with van der Waals surface area (Å²) in [6.07, 6.45) is -0.964. The Morgan fingerprint density at radius 3 is 2.67 bits per heavy atom. The van der Waals surface area contributed by atoms with E-state index >= 15 is 0 Å². The third-order valence-electron chi connectivity index (χ3n) is 3.26. The van der Waals surface area contributed by atoms with Crippen molar-refractivity contribution in [1.29, 1.82) is 0 Å². The Morgan fingerprint density at radius 1 is 1.19 bits per heavy atom. The van der Waals surface area contributed by atoms with E-state index in [9.17, 15) is 13.2 Å². The van der Waals surface area contributed by atoms with Crippen molar-refractivity contribution >= 4 is 11.0 Å². The fourth-order valence-electron chi connectivity index (χ4n) is 2.29. The van der Waals surface area contributed by atoms with Gasteiger partial charge in [-0.25, -0.2) is 0 Å². The highest BCUT2D eigenvalue weighted by molar-refractivity contribution is 5.78. The van der Waals surface area contributed by atoms with E-state index in [1.165, 1.54) is 0 Å². The smallest absolute Gasteiger partial charge is 0.310 e. The van der Waals surface area contributed by atoms with Crippen LogP contribution in [0.1, 0.15) is 37.8 Å². The lowest BCUT2D eigenvalue weighted by Crippen LogP contribution is -2.24. The van der Waals surface area contributed by atoms with Gasteiger partial charge in [0.2, 0.25) is 0 Å². The second-order valence-electron chi connectivity index (χ2n) is 4.93. The molecule has 21 heavy (non-hydrogen) atoms. The largest absolute Gasteiger partial charge is 0.389 e. The lowest BCUT2D eigenvalue weighted by molar-refractivity contribution is -0.136. The molecule has 1 aromatic carbocycles. The van der Waals surface area contributed by atoms with Gasteiger partial charge in [0, 0.05) is 24.9 Å². The summed E-state index contributed by atoms with van der Waals surface area (Å²) in [7, 11) is 0. The fraction of sp³-hybridized carbons (Fsp3) is 0.467. The topological polar surface area (TPSA) is 37.8 Å². The molecule has 1 atom stereocenters. The van der Waals surface area contributed by atoms with Crippen molar-refractivity contribution in [2.24, 2.45) is 0 Å². The summed E-state index contributed by atoms with van der Waals surface area (Å²) in [6, 6.07) is 5.07. The predicted octanol–water partition coefficient (Wildman–Crippen LogP) is 4.01. The predicted molar refractivity (Wildman–Crippen MR) is 75.9 cm³/mol. The molecule has 0 bridgehead atoms. The molecule has 114 valence electrons. The number of rotatable bonds is 6. The second-order valence-corrected chi connectivity index (χ2v) is 4.93. The van der Waals surface area contributed by atoms with Crippen LogP contribution in [0.25, 0.3) is 11.0 Å². The zero-order valence-electron chi connectivity index (χ0n) is 11.8. The standard InChI is InChI=1S/C15H18F3N3/c1-2-8-19-12(6-7-15(16,17)18)11-4-3-5-13-14(11)21-10-9-20-13/h3-5,9-10,12,19H,2,6-8H2,1H3. The Morgan fingerprint density at radius 2 is 1.95 bits per heavy atom. The molecule has 2 aromatic rings. The number of nitrogens with one attached hydrogen (secondary N) is 1. The summed E-state index contributed by atoms with van der Waals surface area (Å²) >= 11 is 0. The Hall–Kier alpha value is -1.69. The second kappa shape index (κ2) is 6.85. The first kappa shape index (κ1) is 15.7. The number of para-hydroxylation sites is 1. The first-order valence-electron chi connectivity index (χ1n) is 7.01. The van der Waals surface area contributed by atoms with Crippen molar-refractivity contribution in [1.82, 2.24) is 15.3 Å². The van der Waals surface area contributed by atoms with Crippen LogP contribution in [-0.2, 0) is 0 Å². The highest BCUT2D eigenvalue weighted by atomic mass is 19.4. The third-order valence-corrected chi connectivity index (χ3v) is 3.26. The summed E-state index contributed by atoms with van der Waals surface area (Å²) in [5.41, 5.74) is 2.14. The Balaban J connectivity index is 2.29. The molecule has 0 spiro atoms. The van der Waals surface area contributed by atoms with Gasteiger partial charge in [-0.3, -0.25) is 9.97 Å². The van der Waals surface area contributed by atoms with Crippen LogP contribution in [0.4, 0.5) is 13.2 Å². The number of hydrogen-bond donors (Lipinski definition) is 1. The van der Waals surface area contributed by atoms with E-state index in [-0.39, 0.29) is 12.5 Å². The van der Waals surface area contributed by atoms with Crippen LogP contribution < -0.4 is 5.32 Å². The molecule has 0 radical (unpaired) electrons. The van der Waals surface area contributed by atoms with E-state index in [0.717, 1.165) is 12.0 Å². The van der Waals surface area contributed by atoms with Gasteiger partial charge in [0.05, 0.1) is 11.0 Å². The first-order valence-corrected chi connectivity index (χ1v) is 7.01. The van der Waals surface area contributed by atoms with Crippen LogP contribution in [0.15, 0.2) is 30.6 Å². The molecule has 0 fully saturated rings. The van der Waals surface area contributed by atoms with Crippen LogP contribution >= 0.6 is 0 Å². The van der Waals surface area contributed by atoms with E-state index < -0.39 is 12.6 Å². The summed E-state index contributed by atoms with van der Waals surface area (Å²) < 4.78 is 37.5. The van der Waals surface area contributed by atoms with Crippen molar-refractivity contribution in [3.8, 4) is 0 Å². The Kier molecular flexibility index (Phi) is 5.12. The van der Waals surface area contributed by atoms with Gasteiger partial charge >= 0.3 is 6.18 Å². The van der Waals surface area contributed by atoms with E-state index in [1.807, 2.05) is 19.1 Å². The van der Waals surface area contributed by atoms with Crippen LogP contribution in [0.3, 0.4) is 0 Å². The van der Waals surface area contributed by atoms with Gasteiger partial charge < -0.3 is 5.32 Å². The lowest BCUT2D eigenvalue weighted by atomic mass is 10.00. The maximum atomic E-state index is 12.5. The highest BCUT2D eigenvalue weighted by Gasteiger charge is 2.29. The molecule has 6 heteroatoms. The maximum absolute atomic E-state index is 12.5. The van der Waals surface area contributed by atoms with E-state index in [1.54, 1.807) is 18.5 Å². The SMILES string of the molecule is CCCNC(CCC(F)(F)F)c1cccc2nccnc12. The number of fused-ring (bicyclic) bond motifs is 1. The number of halogens is 3. The highest BCUT2D eigenvalue weighted by Crippen LogP contribution is 2.30. The normalized spacial score (nSPS) is 13.5. The fourth-order valence-corrected chi connectivity index (χ4v) is 2.29. The summed E-state index contributed by atoms with van der Waals surface area (Å²) in [4.78, 5) is 8.47. The van der Waals surface area contributed by atoms with Crippen molar-refractivity contribution in [3.63, 3.8) is 0 Å². The van der Waals surface area contributed by atoms with E-state index in [0.29, 0.717) is 17.6 Å². The molecule has 3 nitrogen and oxygen atoms in total. The number of nitrogens with zero attached hydrogens (tertiary/aromatic N) is 2. The Bertz CT molecular complexity index is 578. The molecule has 0 saturated heterocycles. The third kappa shape index (κ3) is 4.39. The van der Waals surface area contributed by atoms with Gasteiger partial charge in [0.25, 0.3) is 0 Å². The quantitative estimate of drug-likeness (QED) is 0.875. The van der Waals surface area contributed by atoms with Crippen molar-refractivity contribution < 1.29 is 13.2 Å². The lowest BCUT2D eigenvalue weighted by Gasteiger charge is -2.20. The first-order chi connectivity index (χ1) is 10.0. The molecular formula is C15H18F3N3. The number of alkyl halides is 3. The molecular weight excluding hydrogens is 279 g/mol. The van der Waals surface area contributed by atoms with Gasteiger partial charge in [0.15, 0.2) is 0 Å². The van der Waals surface area contributed by atoms with Crippen LogP contribution in [0.2, 0.25) is 0 Å². The van der Waals surface area contributed by atoms with Crippen LogP contribution in [0, 0.1) is 0 Å². The average Bonchev–Trinajstić information content (AvgIpc) is 2.46. The van der Waals surface area contributed by atoms with Gasteiger partial charge in [-0.1, -0.05) is 19.1 Å². The molecule has 1 N–H and O–H groups in total. The van der Waals surface area contributed by atoms with E-state index in [2.05, 4.69) is 15.3 Å². The molecule has 0 aliphatic heterocycles. The molecule has 1 unspecified atom stereocenters.